The zero-order valence-electron chi connectivity index (χ0n) is 9.52. The van der Waals surface area contributed by atoms with E-state index in [1.54, 1.807) is 0 Å². The van der Waals surface area contributed by atoms with Gasteiger partial charge in [-0.2, -0.15) is 0 Å². The van der Waals surface area contributed by atoms with E-state index in [0.29, 0.717) is 0 Å². The van der Waals surface area contributed by atoms with Crippen molar-refractivity contribution in [2.45, 2.75) is 0 Å². The molecule has 12 nitrogen and oxygen atoms in total. The van der Waals surface area contributed by atoms with Gasteiger partial charge in [0.1, 0.15) is 0 Å². The van der Waals surface area contributed by atoms with Gasteiger partial charge in [-0.15, -0.1) is 0 Å². The van der Waals surface area contributed by atoms with Gasteiger partial charge >= 0.3 is 33.7 Å². The average molecular weight is 278 g/mol. The second kappa shape index (κ2) is 42.7. The van der Waals surface area contributed by atoms with Crippen LogP contribution >= 0.6 is 0 Å². The first kappa shape index (κ1) is 50.1. The smallest absolute Gasteiger partial charge is 0.907 e. The van der Waals surface area contributed by atoms with Crippen molar-refractivity contribution in [1.29, 1.82) is 0 Å². The summed E-state index contributed by atoms with van der Waals surface area (Å²) in [6.45, 7) is 0. The first-order valence-electron chi connectivity index (χ1n) is 2.83. The summed E-state index contributed by atoms with van der Waals surface area (Å²) in [6.07, 6.45) is 0. The summed E-state index contributed by atoms with van der Waals surface area (Å²) in [5, 5.41) is 101. The van der Waals surface area contributed by atoms with E-state index in [2.05, 4.69) is 0 Å². The normalized spacial score (nSPS) is 5.40. The Morgan fingerprint density at radius 1 is 0.250 bits per heavy atom. The predicted octanol–water partition coefficient (Wildman–Crippen LogP) is -17.3. The van der Waals surface area contributed by atoms with Gasteiger partial charge in [-0.05, 0) is 0 Å². The van der Waals surface area contributed by atoms with Crippen LogP contribution in [-0.2, 0) is 0 Å². The minimum atomic E-state index is -2.92. The van der Waals surface area contributed by atoms with E-state index in [1.807, 2.05) is 0 Å². The van der Waals surface area contributed by atoms with Crippen LogP contribution in [0.2, 0.25) is 0 Å². The van der Waals surface area contributed by atoms with Gasteiger partial charge in [0.25, 0.3) is 0 Å². The molecule has 0 radical (unpaired) electrons. The summed E-state index contributed by atoms with van der Waals surface area (Å²) in [5.74, 6) is 0. The minimum Gasteiger partial charge on any atom is -0.907 e. The Bertz CT molecular complexity index is 62.4. The van der Waals surface area contributed by atoms with Gasteiger partial charge in [0.15, 0.2) is 0 Å². The summed E-state index contributed by atoms with van der Waals surface area (Å²) in [6, 6.07) is 0. The van der Waals surface area contributed by atoms with Crippen LogP contribution in [0.15, 0.2) is 0 Å². The molecule has 20 heteroatoms. The molecule has 0 atom stereocenters. The molecule has 20 heavy (non-hydrogen) atoms. The zero-order valence-corrected chi connectivity index (χ0v) is 9.52. The van der Waals surface area contributed by atoms with Crippen molar-refractivity contribution in [3.05, 3.63) is 0 Å². The van der Waals surface area contributed by atoms with E-state index in [0.717, 1.165) is 0 Å². The molecule has 0 aromatic rings. The number of rotatable bonds is 0. The molecule has 0 heterocycles. The largest absolute Gasteiger partial charge is 3.00 e. The zero-order chi connectivity index (χ0) is 14.3. The maximum Gasteiger partial charge on any atom is 3.00 e. The first-order chi connectivity index (χ1) is 6.93. The Balaban J connectivity index is -0.0000000150. The third-order valence-electron chi connectivity index (χ3n) is 0. The molecule has 0 aliphatic heterocycles. The molecule has 0 aromatic heterocycles. The van der Waals surface area contributed by atoms with Crippen LogP contribution in [0, 0.1) is 0 Å². The van der Waals surface area contributed by atoms with E-state index in [4.69, 9.17) is 60.3 Å². The minimum absolute atomic E-state index is 0. The third kappa shape index (κ3) is 3360000. The molecule has 0 fully saturated rings. The van der Waals surface area contributed by atoms with Crippen LogP contribution in [0.3, 0.4) is 0 Å². The molecule has 0 aromatic carbocycles. The Morgan fingerprint density at radius 3 is 0.250 bits per heavy atom. The average Bonchev–Trinajstić information content (AvgIpc) is 1.76. The van der Waals surface area contributed by atoms with Gasteiger partial charge in [-0.1, -0.05) is 0 Å². The van der Waals surface area contributed by atoms with E-state index < -0.39 is 29.3 Å². The molecule has 0 saturated heterocycles. The van der Waals surface area contributed by atoms with E-state index in [-0.39, 0.29) is 33.7 Å². The molecule has 0 saturated carbocycles. The molecule has 96 valence electrons. The molecule has 0 aliphatic carbocycles. The molecular formula is B8O12. The second-order valence-corrected chi connectivity index (χ2v) is 1.15. The van der Waals surface area contributed by atoms with E-state index in [9.17, 15) is 0 Å². The molecule has 0 bridgehead atoms. The summed E-state index contributed by atoms with van der Waals surface area (Å²) in [5.41, 5.74) is 0. The fourth-order valence-electron chi connectivity index (χ4n) is 0. The summed E-state index contributed by atoms with van der Waals surface area (Å²) < 4.78 is 0. The molecule has 0 rings (SSSR count). The maximum atomic E-state index is 8.42. The van der Waals surface area contributed by atoms with Crippen molar-refractivity contribution in [1.82, 2.24) is 0 Å². The molecule has 0 unspecified atom stereocenters. The van der Waals surface area contributed by atoms with E-state index in [1.165, 1.54) is 0 Å². The van der Waals surface area contributed by atoms with Gasteiger partial charge in [0.2, 0.25) is 0 Å². The topological polar surface area (TPSA) is 277 Å². The Kier molecular flexibility index (Phi) is 107. The number of hydrogen-bond donors (Lipinski definition) is 0. The molecule has 0 amide bonds. The van der Waals surface area contributed by atoms with Crippen LogP contribution < -0.4 is 60.3 Å². The van der Waals surface area contributed by atoms with Crippen LogP contribution in [0.4, 0.5) is 0 Å². The standard InChI is InChI=1S/4BO3.4B/c4*2-1(3)4;;;;/q4*-3;4*+3. The van der Waals surface area contributed by atoms with Crippen molar-refractivity contribution in [2.24, 2.45) is 0 Å². The Labute approximate surface area is 124 Å². The fourth-order valence-corrected chi connectivity index (χ4v) is 0. The van der Waals surface area contributed by atoms with Crippen molar-refractivity contribution in [3.63, 3.8) is 0 Å². The SMILES string of the molecule is [B+3].[B+3].[B+3].[B+3].[O-]B([O-])[O-].[O-]B([O-])[O-].[O-]B([O-])[O-].[O-]B([O-])[O-]. The van der Waals surface area contributed by atoms with Gasteiger partial charge < -0.3 is 60.3 Å². The molecule has 0 N–H and O–H groups in total. The van der Waals surface area contributed by atoms with Crippen molar-refractivity contribution in [2.75, 3.05) is 0 Å². The van der Waals surface area contributed by atoms with Crippen molar-refractivity contribution < 1.29 is 60.3 Å². The van der Waals surface area contributed by atoms with Crippen molar-refractivity contribution >= 4 is 62.9 Å². The molecule has 0 spiro atoms. The van der Waals surface area contributed by atoms with Crippen LogP contribution in [0.1, 0.15) is 0 Å². The summed E-state index contributed by atoms with van der Waals surface area (Å²) >= 11 is 0. The van der Waals surface area contributed by atoms with Crippen LogP contribution in [0.25, 0.3) is 0 Å². The number of hydrogen-bond acceptors (Lipinski definition) is 12. The summed E-state index contributed by atoms with van der Waals surface area (Å²) in [4.78, 5) is 0. The van der Waals surface area contributed by atoms with Gasteiger partial charge in [-0.3, -0.25) is 29.3 Å². The van der Waals surface area contributed by atoms with Crippen LogP contribution in [-0.4, -0.2) is 62.9 Å². The maximum absolute atomic E-state index is 8.42. The molecular weight excluding hydrogens is 278 g/mol. The predicted molar refractivity (Wildman–Crippen MR) is 46.0 cm³/mol. The molecule has 0 aliphatic rings. The van der Waals surface area contributed by atoms with Gasteiger partial charge in [-0.25, -0.2) is 0 Å². The van der Waals surface area contributed by atoms with Gasteiger partial charge in [0.05, 0.1) is 0 Å². The fraction of sp³-hybridized carbons (Fsp3) is 0. The second-order valence-electron chi connectivity index (χ2n) is 1.15. The third-order valence-corrected chi connectivity index (χ3v) is 0. The quantitative estimate of drug-likeness (QED) is 0.373. The van der Waals surface area contributed by atoms with Gasteiger partial charge in [0, 0.05) is 0 Å². The Hall–Kier alpha value is 0.0395. The van der Waals surface area contributed by atoms with E-state index >= 15 is 0 Å². The van der Waals surface area contributed by atoms with Crippen LogP contribution in [0.5, 0.6) is 0 Å². The van der Waals surface area contributed by atoms with Crippen molar-refractivity contribution in [3.8, 4) is 0 Å². The monoisotopic (exact) mass is 280 g/mol. The first-order valence-corrected chi connectivity index (χ1v) is 2.83. The summed E-state index contributed by atoms with van der Waals surface area (Å²) in [7, 11) is -11.7. The Morgan fingerprint density at radius 2 is 0.250 bits per heavy atom.